The first-order chi connectivity index (χ1) is 8.82. The minimum absolute atomic E-state index is 0.0299. The zero-order valence-electron chi connectivity index (χ0n) is 11.7. The second-order valence-electron chi connectivity index (χ2n) is 5.83. The van der Waals surface area contributed by atoms with Crippen molar-refractivity contribution in [2.45, 2.75) is 44.2 Å². The third-order valence-electron chi connectivity index (χ3n) is 3.29. The summed E-state index contributed by atoms with van der Waals surface area (Å²) in [5, 5.41) is 16.0. The molecule has 102 valence electrons. The van der Waals surface area contributed by atoms with Crippen molar-refractivity contribution in [2.75, 3.05) is 13.1 Å². The van der Waals surface area contributed by atoms with Crippen molar-refractivity contribution in [2.24, 2.45) is 0 Å². The Bertz CT molecular complexity index is 532. The van der Waals surface area contributed by atoms with Crippen LogP contribution in [0.3, 0.4) is 0 Å². The van der Waals surface area contributed by atoms with E-state index in [-0.39, 0.29) is 17.4 Å². The van der Waals surface area contributed by atoms with Gasteiger partial charge in [0.1, 0.15) is 10.4 Å². The Balaban J connectivity index is 2.25. The van der Waals surface area contributed by atoms with Crippen LogP contribution in [0.2, 0.25) is 0 Å². The average molecular weight is 278 g/mol. The minimum atomic E-state index is -0.0299. The topological polar surface area (TPSA) is 61.9 Å². The predicted octanol–water partition coefficient (Wildman–Crippen LogP) is 2.16. The molecule has 0 saturated carbocycles. The summed E-state index contributed by atoms with van der Waals surface area (Å²) in [7, 11) is 0. The van der Waals surface area contributed by atoms with E-state index in [1.165, 1.54) is 0 Å². The lowest BCUT2D eigenvalue weighted by atomic mass is 9.91. The number of amides is 1. The number of nitrogens with zero attached hydrogens (tertiary/aromatic N) is 4. The quantitative estimate of drug-likeness (QED) is 0.614. The predicted molar refractivity (Wildman–Crippen MR) is 73.7 cm³/mol. The van der Waals surface area contributed by atoms with E-state index in [1.54, 1.807) is 11.8 Å². The van der Waals surface area contributed by atoms with E-state index in [1.807, 2.05) is 10.7 Å². The lowest BCUT2D eigenvalue weighted by molar-refractivity contribution is -0.134. The van der Waals surface area contributed by atoms with Gasteiger partial charge in [0.25, 0.3) is 0 Å². The van der Waals surface area contributed by atoms with Gasteiger partial charge >= 0.3 is 0 Å². The summed E-state index contributed by atoms with van der Waals surface area (Å²) < 4.78 is 1.99. The molecule has 0 spiro atoms. The third-order valence-corrected chi connectivity index (χ3v) is 3.79. The van der Waals surface area contributed by atoms with Gasteiger partial charge in [0.15, 0.2) is 0 Å². The summed E-state index contributed by atoms with van der Waals surface area (Å²) in [4.78, 5) is 13.0. The van der Waals surface area contributed by atoms with Crippen LogP contribution in [0.5, 0.6) is 0 Å². The fourth-order valence-corrected chi connectivity index (χ4v) is 2.57. The summed E-state index contributed by atoms with van der Waals surface area (Å²) >= 11 is 1.08. The highest BCUT2D eigenvalue weighted by atomic mass is 32.2. The molecule has 0 radical (unpaired) electrons. The summed E-state index contributed by atoms with van der Waals surface area (Å²) in [6, 6.07) is 2.20. The highest BCUT2D eigenvalue weighted by Crippen LogP contribution is 2.32. The lowest BCUT2D eigenvalue weighted by Gasteiger charge is -2.40. The molecular formula is C13H18N4OS. The highest BCUT2D eigenvalue weighted by molar-refractivity contribution is 8.03. The number of hydrogen-bond donors (Lipinski definition) is 0. The van der Waals surface area contributed by atoms with E-state index in [2.05, 4.69) is 31.3 Å². The second kappa shape index (κ2) is 4.89. The third kappa shape index (κ3) is 2.76. The van der Waals surface area contributed by atoms with Crippen molar-refractivity contribution in [3.8, 4) is 5.40 Å². The van der Waals surface area contributed by atoms with Crippen molar-refractivity contribution in [3.63, 3.8) is 0 Å². The van der Waals surface area contributed by atoms with Crippen LogP contribution in [-0.4, -0.2) is 33.7 Å². The molecule has 1 amide bonds. The van der Waals surface area contributed by atoms with E-state index >= 15 is 0 Å². The molecule has 2 rings (SSSR count). The van der Waals surface area contributed by atoms with Gasteiger partial charge < -0.3 is 4.90 Å². The number of likely N-dealkylation sites (tertiary alicyclic amines) is 1. The Kier molecular flexibility index (Phi) is 3.59. The number of rotatable bonds is 2. The van der Waals surface area contributed by atoms with Crippen LogP contribution >= 0.6 is 11.8 Å². The molecule has 1 fully saturated rings. The van der Waals surface area contributed by atoms with Crippen molar-refractivity contribution < 1.29 is 4.79 Å². The molecule has 19 heavy (non-hydrogen) atoms. The molecule has 5 nitrogen and oxygen atoms in total. The van der Waals surface area contributed by atoms with Gasteiger partial charge in [0.05, 0.1) is 6.04 Å². The van der Waals surface area contributed by atoms with Gasteiger partial charge in [0, 0.05) is 42.9 Å². The van der Waals surface area contributed by atoms with E-state index in [0.29, 0.717) is 13.1 Å². The van der Waals surface area contributed by atoms with E-state index < -0.39 is 0 Å². The molecule has 1 saturated heterocycles. The number of hydrogen-bond acceptors (Lipinski definition) is 4. The maximum absolute atomic E-state index is 11.2. The molecule has 0 unspecified atom stereocenters. The van der Waals surface area contributed by atoms with Crippen molar-refractivity contribution in [1.82, 2.24) is 14.7 Å². The second-order valence-corrected chi connectivity index (χ2v) is 6.64. The molecule has 0 N–H and O–H groups in total. The Morgan fingerprint density at radius 1 is 1.53 bits per heavy atom. The van der Waals surface area contributed by atoms with Gasteiger partial charge in [-0.05, 0) is 6.07 Å². The first kappa shape index (κ1) is 13.9. The van der Waals surface area contributed by atoms with E-state index in [0.717, 1.165) is 22.5 Å². The Hall–Kier alpha value is -1.48. The van der Waals surface area contributed by atoms with E-state index in [4.69, 9.17) is 5.26 Å². The first-order valence-electron chi connectivity index (χ1n) is 6.24. The van der Waals surface area contributed by atoms with Crippen molar-refractivity contribution >= 4 is 17.7 Å². The SMILES string of the molecule is CC(=O)N1CC(n2nc(SC#N)cc2C(C)(C)C)C1. The van der Waals surface area contributed by atoms with Crippen LogP contribution in [0.25, 0.3) is 0 Å². The van der Waals surface area contributed by atoms with Gasteiger partial charge in [0.2, 0.25) is 5.91 Å². The molecule has 1 aliphatic rings. The maximum atomic E-state index is 11.2. The normalized spacial score (nSPS) is 16.1. The van der Waals surface area contributed by atoms with Crippen molar-refractivity contribution in [3.05, 3.63) is 11.8 Å². The Morgan fingerprint density at radius 3 is 2.63 bits per heavy atom. The van der Waals surface area contributed by atoms with Crippen LogP contribution in [0.4, 0.5) is 0 Å². The van der Waals surface area contributed by atoms with Gasteiger partial charge in [-0.25, -0.2) is 0 Å². The Morgan fingerprint density at radius 2 is 2.16 bits per heavy atom. The molecule has 0 aromatic carbocycles. The highest BCUT2D eigenvalue weighted by Gasteiger charge is 2.34. The Labute approximate surface area is 117 Å². The fraction of sp³-hybridized carbons (Fsp3) is 0.615. The molecule has 0 atom stereocenters. The molecule has 1 aromatic rings. The molecule has 2 heterocycles. The fourth-order valence-electron chi connectivity index (χ4n) is 2.17. The molecule has 0 aliphatic carbocycles. The number of thioether (sulfide) groups is 1. The van der Waals surface area contributed by atoms with Gasteiger partial charge in [-0.3, -0.25) is 9.48 Å². The zero-order chi connectivity index (χ0) is 14.2. The first-order valence-corrected chi connectivity index (χ1v) is 7.06. The molecule has 6 heteroatoms. The lowest BCUT2D eigenvalue weighted by Crippen LogP contribution is -2.50. The summed E-state index contributed by atoms with van der Waals surface area (Å²) in [5.74, 6) is 0.104. The minimum Gasteiger partial charge on any atom is -0.339 e. The monoisotopic (exact) mass is 278 g/mol. The van der Waals surface area contributed by atoms with Gasteiger partial charge in [-0.1, -0.05) is 20.8 Å². The number of carbonyl (C=O) groups is 1. The summed E-state index contributed by atoms with van der Waals surface area (Å²) in [5.41, 5.74) is 1.08. The van der Waals surface area contributed by atoms with Gasteiger partial charge in [-0.15, -0.1) is 0 Å². The number of nitriles is 1. The largest absolute Gasteiger partial charge is 0.339 e. The van der Waals surface area contributed by atoms with Crippen LogP contribution in [-0.2, 0) is 10.2 Å². The van der Waals surface area contributed by atoms with Crippen LogP contribution in [0.1, 0.15) is 39.4 Å². The number of carbonyl (C=O) groups excluding carboxylic acids is 1. The van der Waals surface area contributed by atoms with Crippen molar-refractivity contribution in [1.29, 1.82) is 5.26 Å². The average Bonchev–Trinajstić information content (AvgIpc) is 2.59. The number of thiocyanates is 1. The zero-order valence-corrected chi connectivity index (χ0v) is 12.5. The van der Waals surface area contributed by atoms with Crippen LogP contribution in [0, 0.1) is 10.7 Å². The summed E-state index contributed by atoms with van der Waals surface area (Å²) in [6.45, 7) is 9.38. The summed E-state index contributed by atoms with van der Waals surface area (Å²) in [6.07, 6.45) is 0. The van der Waals surface area contributed by atoms with Crippen LogP contribution in [0.15, 0.2) is 11.1 Å². The standard InChI is InChI=1S/C13H18N4OS/c1-9(18)16-6-10(7-16)17-11(13(2,3)4)5-12(15-17)19-8-14/h5,10H,6-7H2,1-4H3. The molecular weight excluding hydrogens is 260 g/mol. The number of aromatic nitrogens is 2. The molecule has 0 bridgehead atoms. The van der Waals surface area contributed by atoms with Gasteiger partial charge in [-0.2, -0.15) is 10.4 Å². The van der Waals surface area contributed by atoms with Crippen LogP contribution < -0.4 is 0 Å². The maximum Gasteiger partial charge on any atom is 0.219 e. The smallest absolute Gasteiger partial charge is 0.219 e. The van der Waals surface area contributed by atoms with E-state index in [9.17, 15) is 4.79 Å². The molecule has 1 aromatic heterocycles. The molecule has 1 aliphatic heterocycles.